The van der Waals surface area contributed by atoms with Crippen molar-refractivity contribution in [1.82, 2.24) is 20.5 Å². The maximum Gasteiger partial charge on any atom is 0.252 e. The predicted octanol–water partition coefficient (Wildman–Crippen LogP) is 3.10. The van der Waals surface area contributed by atoms with Crippen molar-refractivity contribution in [2.24, 2.45) is 0 Å². The highest BCUT2D eigenvalue weighted by Crippen LogP contribution is 2.23. The van der Waals surface area contributed by atoms with E-state index >= 15 is 0 Å². The van der Waals surface area contributed by atoms with Gasteiger partial charge in [-0.2, -0.15) is 0 Å². The van der Waals surface area contributed by atoms with E-state index in [1.165, 1.54) is 11.3 Å². The van der Waals surface area contributed by atoms with Crippen LogP contribution in [0.3, 0.4) is 0 Å². The molecule has 0 saturated carbocycles. The lowest BCUT2D eigenvalue weighted by molar-refractivity contribution is 0.0955. The molecule has 24 heavy (non-hydrogen) atoms. The van der Waals surface area contributed by atoms with Crippen LogP contribution < -0.4 is 10.6 Å². The third-order valence-corrected chi connectivity index (χ3v) is 4.35. The van der Waals surface area contributed by atoms with Gasteiger partial charge in [-0.05, 0) is 24.3 Å². The molecule has 0 aliphatic carbocycles. The van der Waals surface area contributed by atoms with Crippen molar-refractivity contribution in [2.45, 2.75) is 0 Å². The van der Waals surface area contributed by atoms with Crippen LogP contribution in [0.4, 0.5) is 5.13 Å². The minimum absolute atomic E-state index is 0.200. The summed E-state index contributed by atoms with van der Waals surface area (Å²) in [5, 5.41) is 16.0. The first-order chi connectivity index (χ1) is 11.7. The van der Waals surface area contributed by atoms with E-state index in [0.717, 1.165) is 10.7 Å². The quantitative estimate of drug-likeness (QED) is 0.661. The minimum Gasteiger partial charge on any atom is -0.358 e. The van der Waals surface area contributed by atoms with Crippen LogP contribution in [-0.2, 0) is 0 Å². The van der Waals surface area contributed by atoms with Gasteiger partial charge < -0.3 is 10.6 Å². The molecule has 3 rings (SSSR count). The number of pyridine rings is 1. The molecular formula is C16H14ClN5OS. The van der Waals surface area contributed by atoms with Crippen molar-refractivity contribution < 1.29 is 4.79 Å². The van der Waals surface area contributed by atoms with Crippen LogP contribution in [0.25, 0.3) is 10.7 Å². The molecule has 1 aromatic carbocycles. The summed E-state index contributed by atoms with van der Waals surface area (Å²) in [7, 11) is 0. The molecule has 6 nitrogen and oxygen atoms in total. The molecule has 0 radical (unpaired) electrons. The van der Waals surface area contributed by atoms with Crippen LogP contribution in [-0.4, -0.2) is 34.2 Å². The predicted molar refractivity (Wildman–Crippen MR) is 95.4 cm³/mol. The summed E-state index contributed by atoms with van der Waals surface area (Å²) in [6.45, 7) is 0.982. The second kappa shape index (κ2) is 7.85. The molecule has 2 N–H and O–H groups in total. The summed E-state index contributed by atoms with van der Waals surface area (Å²) in [6, 6.07) is 12.6. The maximum atomic E-state index is 12.0. The normalized spacial score (nSPS) is 10.4. The number of nitrogens with one attached hydrogen (secondary N) is 2. The van der Waals surface area contributed by atoms with Crippen molar-refractivity contribution in [3.05, 3.63) is 59.2 Å². The summed E-state index contributed by atoms with van der Waals surface area (Å²) >= 11 is 7.40. The number of carbonyl (C=O) groups is 1. The van der Waals surface area contributed by atoms with Gasteiger partial charge in [0.1, 0.15) is 5.69 Å². The SMILES string of the molecule is O=C(NCCNc1nnc(-c2ccccn2)s1)c1ccccc1Cl. The number of amides is 1. The van der Waals surface area contributed by atoms with E-state index in [0.29, 0.717) is 28.8 Å². The summed E-state index contributed by atoms with van der Waals surface area (Å²) in [4.78, 5) is 16.2. The average molecular weight is 360 g/mol. The summed E-state index contributed by atoms with van der Waals surface area (Å²) < 4.78 is 0. The van der Waals surface area contributed by atoms with Gasteiger partial charge in [-0.15, -0.1) is 10.2 Å². The molecule has 1 amide bonds. The zero-order valence-corrected chi connectivity index (χ0v) is 14.1. The topological polar surface area (TPSA) is 79.8 Å². The first kappa shape index (κ1) is 16.4. The third kappa shape index (κ3) is 4.06. The highest BCUT2D eigenvalue weighted by Gasteiger charge is 2.09. The largest absolute Gasteiger partial charge is 0.358 e. The van der Waals surface area contributed by atoms with Crippen LogP contribution in [0.2, 0.25) is 5.02 Å². The number of benzene rings is 1. The molecule has 122 valence electrons. The van der Waals surface area contributed by atoms with Gasteiger partial charge in [0.05, 0.1) is 10.6 Å². The zero-order valence-electron chi connectivity index (χ0n) is 12.6. The minimum atomic E-state index is -0.200. The third-order valence-electron chi connectivity index (χ3n) is 3.11. The zero-order chi connectivity index (χ0) is 16.8. The Balaban J connectivity index is 1.48. The number of anilines is 1. The Morgan fingerprint density at radius 2 is 1.92 bits per heavy atom. The van der Waals surface area contributed by atoms with Crippen molar-refractivity contribution in [3.63, 3.8) is 0 Å². The van der Waals surface area contributed by atoms with Crippen molar-refractivity contribution in [3.8, 4) is 10.7 Å². The van der Waals surface area contributed by atoms with E-state index in [-0.39, 0.29) is 5.91 Å². The van der Waals surface area contributed by atoms with Crippen LogP contribution >= 0.6 is 22.9 Å². The lowest BCUT2D eigenvalue weighted by Crippen LogP contribution is -2.28. The van der Waals surface area contributed by atoms with E-state index < -0.39 is 0 Å². The van der Waals surface area contributed by atoms with Gasteiger partial charge >= 0.3 is 0 Å². The van der Waals surface area contributed by atoms with Gasteiger partial charge in [0.2, 0.25) is 5.13 Å². The first-order valence-corrected chi connectivity index (χ1v) is 8.45. The fourth-order valence-corrected chi connectivity index (χ4v) is 2.94. The molecule has 2 heterocycles. The van der Waals surface area contributed by atoms with Crippen LogP contribution in [0.1, 0.15) is 10.4 Å². The fraction of sp³-hybridized carbons (Fsp3) is 0.125. The van der Waals surface area contributed by atoms with Crippen molar-refractivity contribution in [2.75, 3.05) is 18.4 Å². The van der Waals surface area contributed by atoms with Gasteiger partial charge in [-0.3, -0.25) is 9.78 Å². The van der Waals surface area contributed by atoms with Crippen molar-refractivity contribution >= 4 is 34.0 Å². The number of hydrogen-bond acceptors (Lipinski definition) is 6. The lowest BCUT2D eigenvalue weighted by atomic mass is 10.2. The highest BCUT2D eigenvalue weighted by molar-refractivity contribution is 7.18. The average Bonchev–Trinajstić information content (AvgIpc) is 3.09. The Hall–Kier alpha value is -2.51. The van der Waals surface area contributed by atoms with E-state index in [1.807, 2.05) is 18.2 Å². The van der Waals surface area contributed by atoms with Gasteiger partial charge in [0.15, 0.2) is 5.01 Å². The van der Waals surface area contributed by atoms with Crippen LogP contribution in [0.5, 0.6) is 0 Å². The molecule has 0 atom stereocenters. The summed E-state index contributed by atoms with van der Waals surface area (Å²) in [5.41, 5.74) is 1.25. The number of nitrogens with zero attached hydrogens (tertiary/aromatic N) is 3. The Morgan fingerprint density at radius 1 is 1.08 bits per heavy atom. The molecular weight excluding hydrogens is 346 g/mol. The van der Waals surface area contributed by atoms with Gasteiger partial charge in [0, 0.05) is 19.3 Å². The number of carbonyl (C=O) groups excluding carboxylic acids is 1. The summed E-state index contributed by atoms with van der Waals surface area (Å²) in [6.07, 6.45) is 1.72. The van der Waals surface area contributed by atoms with Gasteiger partial charge in [0.25, 0.3) is 5.91 Å². The highest BCUT2D eigenvalue weighted by atomic mass is 35.5. The Bertz CT molecular complexity index is 824. The Kier molecular flexibility index (Phi) is 5.35. The molecule has 0 saturated heterocycles. The monoisotopic (exact) mass is 359 g/mol. The van der Waals surface area contributed by atoms with E-state index in [9.17, 15) is 4.79 Å². The molecule has 0 fully saturated rings. The second-order valence-corrected chi connectivity index (χ2v) is 6.17. The molecule has 0 unspecified atom stereocenters. The fourth-order valence-electron chi connectivity index (χ4n) is 1.97. The Labute approximate surface area is 147 Å². The Morgan fingerprint density at radius 3 is 2.71 bits per heavy atom. The standard InChI is InChI=1S/C16H14ClN5OS/c17-12-6-2-1-5-11(12)14(23)19-9-10-20-16-22-21-15(24-16)13-7-3-4-8-18-13/h1-8H,9-10H2,(H,19,23)(H,20,22). The number of aromatic nitrogens is 3. The van der Waals surface area contributed by atoms with Crippen LogP contribution in [0, 0.1) is 0 Å². The van der Waals surface area contributed by atoms with Gasteiger partial charge in [-0.25, -0.2) is 0 Å². The number of rotatable bonds is 6. The van der Waals surface area contributed by atoms with Crippen LogP contribution in [0.15, 0.2) is 48.7 Å². The number of hydrogen-bond donors (Lipinski definition) is 2. The molecule has 0 aliphatic heterocycles. The van der Waals surface area contributed by atoms with Gasteiger partial charge in [-0.1, -0.05) is 41.1 Å². The maximum absolute atomic E-state index is 12.0. The molecule has 8 heteroatoms. The van der Waals surface area contributed by atoms with E-state index in [2.05, 4.69) is 25.8 Å². The number of halogens is 1. The molecule has 0 spiro atoms. The first-order valence-electron chi connectivity index (χ1n) is 7.25. The lowest BCUT2D eigenvalue weighted by Gasteiger charge is -2.06. The van der Waals surface area contributed by atoms with E-state index in [4.69, 9.17) is 11.6 Å². The smallest absolute Gasteiger partial charge is 0.252 e. The second-order valence-electron chi connectivity index (χ2n) is 4.79. The van der Waals surface area contributed by atoms with E-state index in [1.54, 1.807) is 30.5 Å². The molecule has 2 aromatic heterocycles. The molecule has 0 bridgehead atoms. The summed E-state index contributed by atoms with van der Waals surface area (Å²) in [5.74, 6) is -0.200. The molecule has 3 aromatic rings. The molecule has 0 aliphatic rings. The van der Waals surface area contributed by atoms with Crippen molar-refractivity contribution in [1.29, 1.82) is 0 Å².